The molecule has 3 rings (SSSR count). The Bertz CT molecular complexity index is 706. The smallest absolute Gasteiger partial charge is 0.222 e. The van der Waals surface area contributed by atoms with Crippen molar-refractivity contribution in [3.63, 3.8) is 0 Å². The van der Waals surface area contributed by atoms with Gasteiger partial charge in [-0.05, 0) is 37.4 Å². The molecule has 0 aromatic heterocycles. The largest absolute Gasteiger partial charge is 0.490 e. The maximum atomic E-state index is 11.7. The monoisotopic (exact) mass is 342 g/mol. The highest BCUT2D eigenvalue weighted by atomic mass is 16.5. The van der Waals surface area contributed by atoms with Crippen molar-refractivity contribution in [1.82, 2.24) is 10.2 Å². The van der Waals surface area contributed by atoms with Crippen LogP contribution < -0.4 is 10.1 Å². The van der Waals surface area contributed by atoms with E-state index in [0.29, 0.717) is 6.54 Å². The number of fused-ring (bicyclic) bond motifs is 1. The van der Waals surface area contributed by atoms with E-state index in [-0.39, 0.29) is 18.4 Å². The van der Waals surface area contributed by atoms with Gasteiger partial charge in [0.25, 0.3) is 0 Å². The SMILES string of the molecule is CNC(=O)C1CCN(CC(O)COc2cccc3ccccc23)CC1. The molecular formula is C20H26N2O3. The number of rotatable bonds is 6. The van der Waals surface area contributed by atoms with Crippen LogP contribution in [-0.2, 0) is 4.79 Å². The minimum Gasteiger partial charge on any atom is -0.490 e. The van der Waals surface area contributed by atoms with E-state index in [0.717, 1.165) is 42.5 Å². The van der Waals surface area contributed by atoms with Crippen LogP contribution in [-0.4, -0.2) is 55.3 Å². The maximum absolute atomic E-state index is 11.7. The summed E-state index contributed by atoms with van der Waals surface area (Å²) in [5.41, 5.74) is 0. The molecule has 5 heteroatoms. The summed E-state index contributed by atoms with van der Waals surface area (Å²) in [6, 6.07) is 14.0. The summed E-state index contributed by atoms with van der Waals surface area (Å²) in [4.78, 5) is 13.9. The lowest BCUT2D eigenvalue weighted by Crippen LogP contribution is -2.43. The van der Waals surface area contributed by atoms with Crippen LogP contribution in [0.1, 0.15) is 12.8 Å². The Balaban J connectivity index is 1.48. The predicted molar refractivity (Wildman–Crippen MR) is 98.7 cm³/mol. The van der Waals surface area contributed by atoms with Gasteiger partial charge >= 0.3 is 0 Å². The van der Waals surface area contributed by atoms with Gasteiger partial charge in [-0.15, -0.1) is 0 Å². The third-order valence-electron chi connectivity index (χ3n) is 4.85. The fraction of sp³-hybridized carbons (Fsp3) is 0.450. The number of amides is 1. The Hall–Kier alpha value is -2.11. The van der Waals surface area contributed by atoms with Crippen molar-refractivity contribution in [3.8, 4) is 5.75 Å². The zero-order valence-corrected chi connectivity index (χ0v) is 14.6. The molecule has 1 aliphatic rings. The average Bonchev–Trinajstić information content (AvgIpc) is 2.66. The number of nitrogens with zero attached hydrogens (tertiary/aromatic N) is 1. The topological polar surface area (TPSA) is 61.8 Å². The van der Waals surface area contributed by atoms with Gasteiger partial charge in [-0.2, -0.15) is 0 Å². The van der Waals surface area contributed by atoms with E-state index < -0.39 is 6.10 Å². The Morgan fingerprint density at radius 3 is 2.72 bits per heavy atom. The summed E-state index contributed by atoms with van der Waals surface area (Å²) in [6.07, 6.45) is 1.14. The summed E-state index contributed by atoms with van der Waals surface area (Å²) in [7, 11) is 1.68. The van der Waals surface area contributed by atoms with E-state index in [1.807, 2.05) is 30.3 Å². The average molecular weight is 342 g/mol. The minimum atomic E-state index is -0.546. The molecule has 2 N–H and O–H groups in total. The van der Waals surface area contributed by atoms with E-state index >= 15 is 0 Å². The molecule has 134 valence electrons. The fourth-order valence-electron chi connectivity index (χ4n) is 3.44. The van der Waals surface area contributed by atoms with Gasteiger partial charge in [0, 0.05) is 24.9 Å². The first-order valence-electron chi connectivity index (χ1n) is 8.90. The van der Waals surface area contributed by atoms with Gasteiger partial charge in [0.05, 0.1) is 0 Å². The first kappa shape index (κ1) is 17.7. The van der Waals surface area contributed by atoms with Crippen molar-refractivity contribution in [1.29, 1.82) is 0 Å². The number of nitrogens with one attached hydrogen (secondary N) is 1. The lowest BCUT2D eigenvalue weighted by atomic mass is 9.96. The second kappa shape index (κ2) is 8.32. The van der Waals surface area contributed by atoms with Crippen molar-refractivity contribution in [3.05, 3.63) is 42.5 Å². The molecule has 1 atom stereocenters. The number of aliphatic hydroxyl groups is 1. The molecule has 0 bridgehead atoms. The molecular weight excluding hydrogens is 316 g/mol. The zero-order chi connectivity index (χ0) is 17.6. The Morgan fingerprint density at radius 1 is 1.24 bits per heavy atom. The highest BCUT2D eigenvalue weighted by molar-refractivity contribution is 5.88. The molecule has 0 saturated carbocycles. The third-order valence-corrected chi connectivity index (χ3v) is 4.85. The van der Waals surface area contributed by atoms with Crippen molar-refractivity contribution in [2.45, 2.75) is 18.9 Å². The van der Waals surface area contributed by atoms with Gasteiger partial charge in [0.2, 0.25) is 5.91 Å². The molecule has 1 unspecified atom stereocenters. The molecule has 2 aromatic carbocycles. The second-order valence-electron chi connectivity index (χ2n) is 6.63. The summed E-state index contributed by atoms with van der Waals surface area (Å²) in [5, 5.41) is 15.2. The normalized spacial score (nSPS) is 17.4. The van der Waals surface area contributed by atoms with E-state index in [1.54, 1.807) is 7.05 Å². The number of likely N-dealkylation sites (tertiary alicyclic amines) is 1. The molecule has 1 saturated heterocycles. The van der Waals surface area contributed by atoms with Crippen LogP contribution in [0.3, 0.4) is 0 Å². The zero-order valence-electron chi connectivity index (χ0n) is 14.6. The number of β-amino-alcohol motifs (C(OH)–C–C–N with tert-alkyl or cyclic N) is 1. The quantitative estimate of drug-likeness (QED) is 0.843. The van der Waals surface area contributed by atoms with Gasteiger partial charge in [-0.1, -0.05) is 36.4 Å². The van der Waals surface area contributed by atoms with Gasteiger partial charge < -0.3 is 20.1 Å². The molecule has 1 aliphatic heterocycles. The molecule has 25 heavy (non-hydrogen) atoms. The van der Waals surface area contributed by atoms with Gasteiger partial charge in [0.1, 0.15) is 18.5 Å². The fourth-order valence-corrected chi connectivity index (χ4v) is 3.44. The number of ether oxygens (including phenoxy) is 1. The summed E-state index contributed by atoms with van der Waals surface area (Å²) in [6.45, 7) is 2.52. The molecule has 0 spiro atoms. The number of carbonyl (C=O) groups excluding carboxylic acids is 1. The summed E-state index contributed by atoms with van der Waals surface area (Å²) >= 11 is 0. The van der Waals surface area contributed by atoms with E-state index in [9.17, 15) is 9.90 Å². The second-order valence-corrected chi connectivity index (χ2v) is 6.63. The molecule has 2 aromatic rings. The van der Waals surface area contributed by atoms with Crippen molar-refractivity contribution in [2.75, 3.05) is 33.3 Å². The molecule has 1 fully saturated rings. The van der Waals surface area contributed by atoms with Crippen LogP contribution in [0.4, 0.5) is 0 Å². The summed E-state index contributed by atoms with van der Waals surface area (Å²) in [5.74, 6) is 1.03. The number of aliphatic hydroxyl groups excluding tert-OH is 1. The van der Waals surface area contributed by atoms with Crippen LogP contribution in [0.5, 0.6) is 5.75 Å². The molecule has 5 nitrogen and oxygen atoms in total. The highest BCUT2D eigenvalue weighted by Crippen LogP contribution is 2.25. The van der Waals surface area contributed by atoms with Gasteiger partial charge in [0.15, 0.2) is 0 Å². The van der Waals surface area contributed by atoms with Crippen molar-refractivity contribution < 1.29 is 14.6 Å². The number of carbonyl (C=O) groups is 1. The minimum absolute atomic E-state index is 0.102. The third kappa shape index (κ3) is 4.50. The molecule has 1 amide bonds. The lowest BCUT2D eigenvalue weighted by Gasteiger charge is -2.32. The highest BCUT2D eigenvalue weighted by Gasteiger charge is 2.25. The van der Waals surface area contributed by atoms with Crippen LogP contribution in [0.15, 0.2) is 42.5 Å². The standard InChI is InChI=1S/C20H26N2O3/c1-21-20(24)16-9-11-22(12-10-16)13-17(23)14-25-19-8-4-6-15-5-2-3-7-18(15)19/h2-8,16-17,23H,9-14H2,1H3,(H,21,24). The number of hydrogen-bond acceptors (Lipinski definition) is 4. The van der Waals surface area contributed by atoms with Crippen LogP contribution in [0.2, 0.25) is 0 Å². The van der Waals surface area contributed by atoms with Crippen molar-refractivity contribution >= 4 is 16.7 Å². The van der Waals surface area contributed by atoms with Crippen LogP contribution in [0, 0.1) is 5.92 Å². The summed E-state index contributed by atoms with van der Waals surface area (Å²) < 4.78 is 5.86. The van der Waals surface area contributed by atoms with Gasteiger partial charge in [-0.3, -0.25) is 4.79 Å². The Labute approximate surface area is 148 Å². The van der Waals surface area contributed by atoms with E-state index in [1.165, 1.54) is 0 Å². The van der Waals surface area contributed by atoms with Crippen LogP contribution in [0.25, 0.3) is 10.8 Å². The van der Waals surface area contributed by atoms with E-state index in [4.69, 9.17) is 4.74 Å². The van der Waals surface area contributed by atoms with Gasteiger partial charge in [-0.25, -0.2) is 0 Å². The number of benzene rings is 2. The maximum Gasteiger partial charge on any atom is 0.222 e. The molecule has 1 heterocycles. The lowest BCUT2D eigenvalue weighted by molar-refractivity contribution is -0.126. The predicted octanol–water partition coefficient (Wildman–Crippen LogP) is 2.04. The Morgan fingerprint density at radius 2 is 1.96 bits per heavy atom. The molecule has 0 aliphatic carbocycles. The number of piperidine rings is 1. The van der Waals surface area contributed by atoms with E-state index in [2.05, 4.69) is 22.3 Å². The Kier molecular flexibility index (Phi) is 5.89. The number of hydrogen-bond donors (Lipinski definition) is 2. The van der Waals surface area contributed by atoms with Crippen LogP contribution >= 0.6 is 0 Å². The first-order valence-corrected chi connectivity index (χ1v) is 8.90. The molecule has 0 radical (unpaired) electrons. The van der Waals surface area contributed by atoms with Crippen molar-refractivity contribution in [2.24, 2.45) is 5.92 Å². The first-order chi connectivity index (χ1) is 12.2.